The van der Waals surface area contributed by atoms with Gasteiger partial charge in [-0.15, -0.1) is 0 Å². The van der Waals surface area contributed by atoms with Crippen LogP contribution >= 0.6 is 0 Å². The normalized spacial score (nSPS) is 12.8. The zero-order chi connectivity index (χ0) is 41.0. The van der Waals surface area contributed by atoms with E-state index in [4.69, 9.17) is 19.7 Å². The van der Waals surface area contributed by atoms with Gasteiger partial charge in [-0.25, -0.2) is 15.0 Å². The Hall–Kier alpha value is -8.28. The lowest BCUT2D eigenvalue weighted by atomic mass is 9.65. The lowest BCUT2D eigenvalue weighted by Gasteiger charge is -2.39. The molecule has 0 bridgehead atoms. The van der Waals surface area contributed by atoms with Crippen molar-refractivity contribution < 1.29 is 4.74 Å². The van der Waals surface area contributed by atoms with Gasteiger partial charge in [0.15, 0.2) is 17.5 Å². The zero-order valence-electron chi connectivity index (χ0n) is 33.5. The minimum absolute atomic E-state index is 0.629. The standard InChI is InChI=1S/C57H36N4O/c1-3-14-38(15-4-1)54-59-55(39-16-5-2-6-17-39)61-56(60-54)40-27-25-37(26-28-40)42-29-31-45-46-32-30-43(41-18-13-19-44(34-41)51-22-11-12-33-58-51)36-50(46)57(49(45)35-42)47-20-7-9-23-52(47)62-53-24-10-8-21-48(53)57/h1-36H. The predicted molar refractivity (Wildman–Crippen MR) is 248 cm³/mol. The molecule has 0 unspecified atom stereocenters. The molecule has 0 radical (unpaired) electrons. The third kappa shape index (κ3) is 5.78. The first-order valence-electron chi connectivity index (χ1n) is 20.9. The number of fused-ring (bicyclic) bond motifs is 9. The van der Waals surface area contributed by atoms with Crippen LogP contribution in [-0.4, -0.2) is 19.9 Å². The Morgan fingerprint density at radius 2 is 0.742 bits per heavy atom. The molecule has 8 aromatic carbocycles. The molecule has 2 aromatic heterocycles. The highest BCUT2D eigenvalue weighted by atomic mass is 16.5. The molecule has 62 heavy (non-hydrogen) atoms. The fourth-order valence-corrected chi connectivity index (χ4v) is 9.40. The molecule has 290 valence electrons. The van der Waals surface area contributed by atoms with Crippen molar-refractivity contribution in [2.45, 2.75) is 5.41 Å². The minimum atomic E-state index is -0.632. The van der Waals surface area contributed by atoms with Gasteiger partial charge in [-0.05, 0) is 87.0 Å². The maximum absolute atomic E-state index is 6.69. The molecule has 0 amide bonds. The first-order chi connectivity index (χ1) is 30.7. The van der Waals surface area contributed by atoms with Crippen molar-refractivity contribution in [3.63, 3.8) is 0 Å². The van der Waals surface area contributed by atoms with E-state index < -0.39 is 5.41 Å². The van der Waals surface area contributed by atoms with Crippen molar-refractivity contribution in [1.82, 2.24) is 19.9 Å². The second kappa shape index (κ2) is 14.5. The molecule has 3 heterocycles. The van der Waals surface area contributed by atoms with Crippen LogP contribution in [0.15, 0.2) is 219 Å². The molecule has 5 heteroatoms. The summed E-state index contributed by atoms with van der Waals surface area (Å²) in [6.07, 6.45) is 1.85. The smallest absolute Gasteiger partial charge is 0.164 e. The molecule has 12 rings (SSSR count). The number of rotatable bonds is 6. The van der Waals surface area contributed by atoms with Crippen LogP contribution in [0.2, 0.25) is 0 Å². The van der Waals surface area contributed by atoms with Gasteiger partial charge in [0.2, 0.25) is 0 Å². The number of nitrogens with zero attached hydrogens (tertiary/aromatic N) is 4. The Morgan fingerprint density at radius 3 is 1.31 bits per heavy atom. The molecule has 1 aliphatic carbocycles. The third-order valence-corrected chi connectivity index (χ3v) is 12.3. The summed E-state index contributed by atoms with van der Waals surface area (Å²) in [5, 5.41) is 0. The summed E-state index contributed by atoms with van der Waals surface area (Å²) in [7, 11) is 0. The Balaban J connectivity index is 1.00. The second-order valence-corrected chi connectivity index (χ2v) is 15.8. The van der Waals surface area contributed by atoms with Crippen molar-refractivity contribution >= 4 is 0 Å². The number of hydrogen-bond acceptors (Lipinski definition) is 5. The van der Waals surface area contributed by atoms with E-state index in [1.54, 1.807) is 0 Å². The van der Waals surface area contributed by atoms with Gasteiger partial charge in [-0.3, -0.25) is 4.98 Å². The molecular weight excluding hydrogens is 757 g/mol. The molecule has 1 spiro atoms. The van der Waals surface area contributed by atoms with Gasteiger partial charge in [0.25, 0.3) is 0 Å². The SMILES string of the molecule is c1ccc(-c2nc(-c3ccccc3)nc(-c3ccc(-c4ccc5c(c4)C4(c6ccccc6Oc6ccccc64)c4cc(-c6cccc(-c7ccccn7)c6)ccc4-5)cc3)n2)cc1. The number of para-hydroxylation sites is 2. The van der Waals surface area contributed by atoms with Gasteiger partial charge in [0.05, 0.1) is 11.1 Å². The molecule has 5 nitrogen and oxygen atoms in total. The number of hydrogen-bond donors (Lipinski definition) is 0. The maximum Gasteiger partial charge on any atom is 0.164 e. The lowest BCUT2D eigenvalue weighted by Crippen LogP contribution is -2.32. The summed E-state index contributed by atoms with van der Waals surface area (Å²) in [5.41, 5.74) is 15.9. The largest absolute Gasteiger partial charge is 0.457 e. The van der Waals surface area contributed by atoms with E-state index in [1.807, 2.05) is 79.0 Å². The Morgan fingerprint density at radius 1 is 0.306 bits per heavy atom. The van der Waals surface area contributed by atoms with E-state index in [0.29, 0.717) is 17.5 Å². The molecule has 10 aromatic rings. The van der Waals surface area contributed by atoms with Gasteiger partial charge < -0.3 is 4.74 Å². The average molecular weight is 793 g/mol. The lowest BCUT2D eigenvalue weighted by molar-refractivity contribution is 0.436. The predicted octanol–water partition coefficient (Wildman–Crippen LogP) is 13.7. The van der Waals surface area contributed by atoms with E-state index in [-0.39, 0.29) is 0 Å². The third-order valence-electron chi connectivity index (χ3n) is 12.3. The fraction of sp³-hybridized carbons (Fsp3) is 0.0175. The molecule has 1 aliphatic heterocycles. The van der Waals surface area contributed by atoms with Crippen LogP contribution in [0.3, 0.4) is 0 Å². The molecule has 0 N–H and O–H groups in total. The molecule has 2 aliphatic rings. The average Bonchev–Trinajstić information content (AvgIpc) is 3.64. The van der Waals surface area contributed by atoms with Crippen LogP contribution < -0.4 is 4.74 Å². The highest BCUT2D eigenvalue weighted by Gasteiger charge is 2.51. The van der Waals surface area contributed by atoms with Gasteiger partial charge >= 0.3 is 0 Å². The highest BCUT2D eigenvalue weighted by Crippen LogP contribution is 2.62. The van der Waals surface area contributed by atoms with Crippen molar-refractivity contribution in [2.75, 3.05) is 0 Å². The van der Waals surface area contributed by atoms with E-state index >= 15 is 0 Å². The van der Waals surface area contributed by atoms with Gasteiger partial charge in [0, 0.05) is 39.6 Å². The highest BCUT2D eigenvalue weighted by molar-refractivity contribution is 5.92. The van der Waals surface area contributed by atoms with E-state index in [0.717, 1.165) is 72.8 Å². The van der Waals surface area contributed by atoms with Crippen LogP contribution in [-0.2, 0) is 5.41 Å². The Kier molecular flexibility index (Phi) is 8.32. The summed E-state index contributed by atoms with van der Waals surface area (Å²) in [5.74, 6) is 3.64. The van der Waals surface area contributed by atoms with Crippen molar-refractivity contribution in [1.29, 1.82) is 0 Å². The Bertz CT molecular complexity index is 3210. The van der Waals surface area contributed by atoms with Crippen molar-refractivity contribution in [2.24, 2.45) is 0 Å². The van der Waals surface area contributed by atoms with Gasteiger partial charge in [-0.2, -0.15) is 0 Å². The summed E-state index contributed by atoms with van der Waals surface area (Å²) in [6, 6.07) is 74.5. The first-order valence-corrected chi connectivity index (χ1v) is 20.9. The van der Waals surface area contributed by atoms with E-state index in [2.05, 4.69) is 145 Å². The van der Waals surface area contributed by atoms with Crippen LogP contribution in [0.1, 0.15) is 22.3 Å². The second-order valence-electron chi connectivity index (χ2n) is 15.8. The maximum atomic E-state index is 6.69. The van der Waals surface area contributed by atoms with E-state index in [1.165, 1.54) is 22.3 Å². The summed E-state index contributed by atoms with van der Waals surface area (Å²) < 4.78 is 6.69. The summed E-state index contributed by atoms with van der Waals surface area (Å²) in [6.45, 7) is 0. The van der Waals surface area contributed by atoms with Gasteiger partial charge in [0.1, 0.15) is 11.5 Å². The van der Waals surface area contributed by atoms with E-state index in [9.17, 15) is 0 Å². The number of aromatic nitrogens is 4. The Labute approximate surface area is 359 Å². The summed E-state index contributed by atoms with van der Waals surface area (Å²) >= 11 is 0. The van der Waals surface area contributed by atoms with Crippen LogP contribution in [0.5, 0.6) is 11.5 Å². The minimum Gasteiger partial charge on any atom is -0.457 e. The fourth-order valence-electron chi connectivity index (χ4n) is 9.40. The first kappa shape index (κ1) is 35.6. The van der Waals surface area contributed by atoms with Crippen LogP contribution in [0, 0.1) is 0 Å². The number of benzene rings is 8. The van der Waals surface area contributed by atoms with Crippen molar-refractivity contribution in [3.05, 3.63) is 241 Å². The molecule has 0 fully saturated rings. The molecular formula is C57H36N4O. The van der Waals surface area contributed by atoms with Gasteiger partial charge in [-0.1, -0.05) is 170 Å². The van der Waals surface area contributed by atoms with Crippen molar-refractivity contribution in [3.8, 4) is 90.3 Å². The zero-order valence-corrected chi connectivity index (χ0v) is 33.5. The monoisotopic (exact) mass is 792 g/mol. The topological polar surface area (TPSA) is 60.8 Å². The molecule has 0 saturated heterocycles. The quantitative estimate of drug-likeness (QED) is 0.168. The number of ether oxygens (including phenoxy) is 1. The van der Waals surface area contributed by atoms with Crippen LogP contribution in [0.25, 0.3) is 78.8 Å². The van der Waals surface area contributed by atoms with Crippen LogP contribution in [0.4, 0.5) is 0 Å². The molecule has 0 atom stereocenters. The molecule has 0 saturated carbocycles. The number of pyridine rings is 1. The summed E-state index contributed by atoms with van der Waals surface area (Å²) in [4.78, 5) is 19.5.